The largest absolute Gasteiger partial charge is 0.352 e. The summed E-state index contributed by atoms with van der Waals surface area (Å²) in [6, 6.07) is 0. The van der Waals surface area contributed by atoms with Gasteiger partial charge in [-0.15, -0.1) is 0 Å². The van der Waals surface area contributed by atoms with Crippen LogP contribution in [0.25, 0.3) is 0 Å². The topological polar surface area (TPSA) is 82.6 Å². The van der Waals surface area contributed by atoms with Crippen molar-refractivity contribution in [1.82, 2.24) is 9.55 Å². The van der Waals surface area contributed by atoms with Crippen LogP contribution >= 0.6 is 17.1 Å². The van der Waals surface area contributed by atoms with E-state index >= 15 is 0 Å². The van der Waals surface area contributed by atoms with E-state index in [1.807, 2.05) is 6.92 Å². The van der Waals surface area contributed by atoms with Crippen molar-refractivity contribution < 1.29 is 13.8 Å². The highest BCUT2D eigenvalue weighted by Crippen LogP contribution is 2.76. The summed E-state index contributed by atoms with van der Waals surface area (Å²) in [6.07, 6.45) is 4.97. The number of hydrogen-bond donors (Lipinski definition) is 1. The van der Waals surface area contributed by atoms with Gasteiger partial charge >= 0.3 is 5.69 Å². The van der Waals surface area contributed by atoms with Gasteiger partial charge in [-0.2, -0.15) is 0 Å². The maximum Gasteiger partial charge on any atom is 0.330 e. The number of nitrogens with zero attached hydrogens (tertiary/aromatic N) is 1. The lowest BCUT2D eigenvalue weighted by Gasteiger charge is -2.37. The van der Waals surface area contributed by atoms with Crippen molar-refractivity contribution in [2.75, 3.05) is 0 Å². The van der Waals surface area contributed by atoms with Crippen molar-refractivity contribution >= 4 is 28.9 Å². The fourth-order valence-corrected chi connectivity index (χ4v) is 12.4. The molecule has 3 heterocycles. The summed E-state index contributed by atoms with van der Waals surface area (Å²) in [4.78, 5) is 26.4. The van der Waals surface area contributed by atoms with E-state index in [-0.39, 0.29) is 28.6 Å². The zero-order valence-corrected chi connectivity index (χ0v) is 21.0. The van der Waals surface area contributed by atoms with E-state index in [2.05, 4.69) is 25.4 Å². The molecule has 7 atom stereocenters. The first-order chi connectivity index (χ1) is 14.5. The van der Waals surface area contributed by atoms with Crippen LogP contribution in [0.15, 0.2) is 27.9 Å². The second-order valence-corrected chi connectivity index (χ2v) is 15.7. The average molecular weight is 487 g/mol. The van der Waals surface area contributed by atoms with Crippen molar-refractivity contribution in [3.8, 4) is 0 Å². The summed E-state index contributed by atoms with van der Waals surface area (Å²) in [7, 11) is 0. The van der Waals surface area contributed by atoms with E-state index in [9.17, 15) is 9.59 Å². The molecule has 1 aromatic heterocycles. The molecule has 31 heavy (non-hydrogen) atoms. The minimum absolute atomic E-state index is 0.0327. The van der Waals surface area contributed by atoms with Crippen molar-refractivity contribution in [2.24, 2.45) is 5.92 Å². The minimum atomic E-state index is -2.55. The van der Waals surface area contributed by atoms with Crippen LogP contribution in [0.2, 0.25) is 0 Å². The van der Waals surface area contributed by atoms with Gasteiger partial charge in [0.25, 0.3) is 5.56 Å². The van der Waals surface area contributed by atoms with Crippen LogP contribution in [0.4, 0.5) is 0 Å². The normalized spacial score (nSPS) is 40.1. The number of rotatable bonds is 5. The number of aromatic amines is 1. The fourth-order valence-electron chi connectivity index (χ4n) is 4.74. The number of aryl methyl sites for hydroxylation is 1. The second-order valence-electron chi connectivity index (χ2n) is 9.16. The molecule has 1 N–H and O–H groups in total. The Morgan fingerprint density at radius 2 is 2.23 bits per heavy atom. The van der Waals surface area contributed by atoms with Crippen LogP contribution in [-0.4, -0.2) is 32.6 Å². The summed E-state index contributed by atoms with van der Waals surface area (Å²) >= 11 is 7.65. The van der Waals surface area contributed by atoms with E-state index < -0.39 is 17.6 Å². The highest BCUT2D eigenvalue weighted by Gasteiger charge is 2.54. The Balaban J connectivity index is 1.51. The van der Waals surface area contributed by atoms with Gasteiger partial charge in [-0.3, -0.25) is 14.3 Å². The lowest BCUT2D eigenvalue weighted by atomic mass is 9.77. The third-order valence-electron chi connectivity index (χ3n) is 6.75. The number of allylic oxidation sites excluding steroid dienone is 1. The number of aromatic nitrogens is 2. The number of ether oxygens (including phenoxy) is 1. The summed E-state index contributed by atoms with van der Waals surface area (Å²) in [5.41, 5.74) is -1.74. The highest BCUT2D eigenvalue weighted by molar-refractivity contribution is 8.68. The molecule has 0 bridgehead atoms. The molecule has 2 saturated heterocycles. The molecule has 0 aromatic carbocycles. The summed E-state index contributed by atoms with van der Waals surface area (Å²) in [6.45, 7) is 12.2. The Bertz CT molecular complexity index is 1040. The van der Waals surface area contributed by atoms with Crippen LogP contribution in [0.1, 0.15) is 64.7 Å². The van der Waals surface area contributed by atoms with Crippen LogP contribution in [0.3, 0.4) is 0 Å². The standard InChI is InChI=1S/C21H31N2O5PS2/c1-6-15-16(10-18(26-15)23-11-13(4)19(24)22-20(23)25)27-29(30)28-17-9-14(12(2)3)7-8-21(17,5)31-29/h11,14-18H,2,6-10H2,1,3-5H3,(H,22,24,25)/t14-,15+,16-,17+,18+,21+,29-/m0/s1. The van der Waals surface area contributed by atoms with Gasteiger partial charge < -0.3 is 13.8 Å². The molecular weight excluding hydrogens is 455 g/mol. The molecule has 1 saturated carbocycles. The van der Waals surface area contributed by atoms with Crippen molar-refractivity contribution in [2.45, 2.75) is 89.1 Å². The van der Waals surface area contributed by atoms with Crippen LogP contribution in [0.5, 0.6) is 0 Å². The summed E-state index contributed by atoms with van der Waals surface area (Å²) in [5.74, 6) is 0.471. The van der Waals surface area contributed by atoms with E-state index in [1.165, 1.54) is 10.1 Å². The van der Waals surface area contributed by atoms with Crippen LogP contribution in [-0.2, 0) is 25.6 Å². The lowest BCUT2D eigenvalue weighted by Crippen LogP contribution is -2.39. The van der Waals surface area contributed by atoms with Crippen molar-refractivity contribution in [3.05, 3.63) is 44.8 Å². The smallest absolute Gasteiger partial charge is 0.330 e. The molecule has 4 rings (SSSR count). The molecule has 10 heteroatoms. The zero-order valence-electron chi connectivity index (χ0n) is 18.5. The summed E-state index contributed by atoms with van der Waals surface area (Å²) < 4.78 is 20.5. The van der Waals surface area contributed by atoms with Crippen molar-refractivity contribution in [3.63, 3.8) is 0 Å². The first-order valence-electron chi connectivity index (χ1n) is 10.8. The molecule has 0 spiro atoms. The average Bonchev–Trinajstić information content (AvgIpc) is 3.20. The van der Waals surface area contributed by atoms with Gasteiger partial charge in [-0.1, -0.05) is 30.5 Å². The summed E-state index contributed by atoms with van der Waals surface area (Å²) in [5, 5.41) is 0. The van der Waals surface area contributed by atoms with Gasteiger partial charge in [0.05, 0.1) is 18.3 Å². The molecular formula is C21H31N2O5PS2. The third-order valence-corrected chi connectivity index (χ3v) is 12.5. The molecule has 3 aliphatic rings. The highest BCUT2D eigenvalue weighted by atomic mass is 32.9. The second kappa shape index (κ2) is 8.58. The Hall–Kier alpha value is -0.700. The molecule has 1 aliphatic carbocycles. The molecule has 0 amide bonds. The fraction of sp³-hybridized carbons (Fsp3) is 0.714. The van der Waals surface area contributed by atoms with E-state index in [0.717, 1.165) is 25.7 Å². The van der Waals surface area contributed by atoms with Crippen molar-refractivity contribution in [1.29, 1.82) is 0 Å². The van der Waals surface area contributed by atoms with Gasteiger partial charge in [-0.25, -0.2) is 4.79 Å². The van der Waals surface area contributed by atoms with Gasteiger partial charge in [0.15, 0.2) is 0 Å². The molecule has 2 aliphatic heterocycles. The third kappa shape index (κ3) is 4.55. The van der Waals surface area contributed by atoms with E-state index in [4.69, 9.17) is 25.6 Å². The molecule has 3 fully saturated rings. The maximum absolute atomic E-state index is 12.3. The number of nitrogens with one attached hydrogen (secondary N) is 1. The minimum Gasteiger partial charge on any atom is -0.352 e. The molecule has 7 nitrogen and oxygen atoms in total. The van der Waals surface area contributed by atoms with Gasteiger partial charge in [-0.05, 0) is 64.2 Å². The van der Waals surface area contributed by atoms with Gasteiger partial charge in [0.2, 0.25) is 5.69 Å². The molecule has 172 valence electrons. The zero-order chi connectivity index (χ0) is 22.6. The molecule has 0 unspecified atom stereocenters. The first kappa shape index (κ1) is 23.5. The Labute approximate surface area is 191 Å². The van der Waals surface area contributed by atoms with Gasteiger partial charge in [0.1, 0.15) is 6.23 Å². The van der Waals surface area contributed by atoms with E-state index in [0.29, 0.717) is 17.9 Å². The monoisotopic (exact) mass is 486 g/mol. The van der Waals surface area contributed by atoms with Crippen LogP contribution in [0, 0.1) is 12.8 Å². The lowest BCUT2D eigenvalue weighted by molar-refractivity contribution is -0.0188. The quantitative estimate of drug-likeness (QED) is 0.487. The molecule has 0 radical (unpaired) electrons. The SMILES string of the molecule is C=C(C)[C@H]1CC[C@@]2(C)S[P@@](=S)(O[C@H]3C[C@H](n4cc(C)c(=O)[nH]c4=O)O[C@@H]3CC)O[C@@H]2C1. The Kier molecular flexibility index (Phi) is 6.49. The van der Waals surface area contributed by atoms with E-state index in [1.54, 1.807) is 24.5 Å². The van der Waals surface area contributed by atoms with Crippen LogP contribution < -0.4 is 11.2 Å². The van der Waals surface area contributed by atoms with Gasteiger partial charge in [0, 0.05) is 22.9 Å². The Morgan fingerprint density at radius 3 is 2.90 bits per heavy atom. The maximum atomic E-state index is 12.3. The Morgan fingerprint density at radius 1 is 1.48 bits per heavy atom. The predicted octanol–water partition coefficient (Wildman–Crippen LogP) is 4.42. The number of H-pyrrole nitrogens is 1. The first-order valence-corrected chi connectivity index (χ1v) is 14.9. The number of fused-ring (bicyclic) bond motifs is 1. The number of hydrogen-bond acceptors (Lipinski definition) is 7. The molecule has 1 aromatic rings. The predicted molar refractivity (Wildman–Crippen MR) is 127 cm³/mol.